The van der Waals surface area contributed by atoms with Gasteiger partial charge in [-0.15, -0.1) is 6.58 Å². The Morgan fingerprint density at radius 3 is 2.67 bits per heavy atom. The lowest BCUT2D eigenvalue weighted by atomic mass is 9.80. The molecule has 0 bridgehead atoms. The molecule has 2 fully saturated rings. The van der Waals surface area contributed by atoms with E-state index in [9.17, 15) is 25.2 Å². The Balaban J connectivity index is 1.71. The third kappa shape index (κ3) is 4.70. The van der Waals surface area contributed by atoms with Gasteiger partial charge in [-0.1, -0.05) is 19.4 Å². The van der Waals surface area contributed by atoms with Crippen LogP contribution in [0.4, 0.5) is 0 Å². The average molecular weight is 430 g/mol. The van der Waals surface area contributed by atoms with E-state index in [1.165, 1.54) is 6.26 Å². The van der Waals surface area contributed by atoms with E-state index in [1.54, 1.807) is 6.08 Å². The predicted octanol–water partition coefficient (Wildman–Crippen LogP) is -0.449. The van der Waals surface area contributed by atoms with Crippen LogP contribution in [0.2, 0.25) is 0 Å². The number of fused-ring (bicyclic) bond motifs is 1. The Bertz CT molecular complexity index is 635. The zero-order chi connectivity index (χ0) is 21.8. The highest BCUT2D eigenvalue weighted by Crippen LogP contribution is 2.40. The molecule has 0 unspecified atom stereocenters. The highest BCUT2D eigenvalue weighted by atomic mass is 16.8. The Kier molecular flexibility index (Phi) is 7.86. The number of esters is 1. The predicted molar refractivity (Wildman–Crippen MR) is 100 cm³/mol. The average Bonchev–Trinajstić information content (AvgIpc) is 2.74. The van der Waals surface area contributed by atoms with Gasteiger partial charge in [0.15, 0.2) is 6.29 Å². The summed E-state index contributed by atoms with van der Waals surface area (Å²) >= 11 is 0. The van der Waals surface area contributed by atoms with Crippen molar-refractivity contribution in [3.8, 4) is 0 Å². The van der Waals surface area contributed by atoms with Gasteiger partial charge in [0, 0.05) is 18.3 Å². The third-order valence-corrected chi connectivity index (χ3v) is 5.62. The summed E-state index contributed by atoms with van der Waals surface area (Å²) < 4.78 is 27.6. The number of carbonyl (C=O) groups excluding carboxylic acids is 1. The second kappa shape index (κ2) is 10.2. The van der Waals surface area contributed by atoms with E-state index in [2.05, 4.69) is 6.58 Å². The lowest BCUT2D eigenvalue weighted by Gasteiger charge is -2.44. The fourth-order valence-corrected chi connectivity index (χ4v) is 3.81. The molecule has 0 aromatic heterocycles. The van der Waals surface area contributed by atoms with Crippen molar-refractivity contribution in [3.05, 3.63) is 24.5 Å². The van der Waals surface area contributed by atoms with E-state index in [4.69, 9.17) is 23.7 Å². The van der Waals surface area contributed by atoms with Crippen molar-refractivity contribution < 1.29 is 48.9 Å². The molecule has 3 rings (SSSR count). The maximum atomic E-state index is 12.4. The van der Waals surface area contributed by atoms with Crippen molar-refractivity contribution in [2.24, 2.45) is 11.8 Å². The van der Waals surface area contributed by atoms with Crippen LogP contribution in [-0.2, 0) is 28.5 Å². The van der Waals surface area contributed by atoms with Crippen LogP contribution in [0.5, 0.6) is 0 Å². The summed E-state index contributed by atoms with van der Waals surface area (Å²) in [6.07, 6.45) is -3.77. The molecule has 170 valence electrons. The maximum Gasteiger partial charge on any atom is 0.339 e. The zero-order valence-electron chi connectivity index (χ0n) is 16.8. The molecule has 0 saturated carbocycles. The van der Waals surface area contributed by atoms with Crippen molar-refractivity contribution in [3.63, 3.8) is 0 Å². The van der Waals surface area contributed by atoms with Crippen LogP contribution in [0.1, 0.15) is 26.2 Å². The number of unbranched alkanes of at least 4 members (excludes halogenated alkanes) is 1. The molecule has 10 nitrogen and oxygen atoms in total. The van der Waals surface area contributed by atoms with E-state index < -0.39 is 61.8 Å². The van der Waals surface area contributed by atoms with Crippen molar-refractivity contribution in [1.29, 1.82) is 0 Å². The largest absolute Gasteiger partial charge is 0.471 e. The van der Waals surface area contributed by atoms with E-state index in [-0.39, 0.29) is 5.92 Å². The van der Waals surface area contributed by atoms with Gasteiger partial charge in [0.25, 0.3) is 0 Å². The normalized spacial score (nSPS) is 41.3. The quantitative estimate of drug-likeness (QED) is 0.227. The summed E-state index contributed by atoms with van der Waals surface area (Å²) in [7, 11) is 0. The summed E-state index contributed by atoms with van der Waals surface area (Å²) in [5, 5.41) is 39.4. The molecule has 0 radical (unpaired) electrons. The minimum absolute atomic E-state index is 0.337. The lowest BCUT2D eigenvalue weighted by Crippen LogP contribution is -2.60. The van der Waals surface area contributed by atoms with E-state index >= 15 is 0 Å². The van der Waals surface area contributed by atoms with Gasteiger partial charge in [0.05, 0.1) is 25.0 Å². The number of hydrogen-bond acceptors (Lipinski definition) is 10. The zero-order valence-corrected chi connectivity index (χ0v) is 16.8. The van der Waals surface area contributed by atoms with E-state index in [0.717, 1.165) is 12.8 Å². The number of carbonyl (C=O) groups is 1. The Morgan fingerprint density at radius 2 is 2.00 bits per heavy atom. The summed E-state index contributed by atoms with van der Waals surface area (Å²) in [5.74, 6) is -1.38. The summed E-state index contributed by atoms with van der Waals surface area (Å²) in [5.41, 5.74) is 0.337. The fraction of sp³-hybridized carbons (Fsp3) is 0.750. The van der Waals surface area contributed by atoms with Crippen molar-refractivity contribution in [2.75, 3.05) is 13.2 Å². The minimum Gasteiger partial charge on any atom is -0.471 e. The van der Waals surface area contributed by atoms with Crippen LogP contribution in [0, 0.1) is 11.8 Å². The summed E-state index contributed by atoms with van der Waals surface area (Å²) in [6, 6.07) is 0. The molecule has 3 aliphatic heterocycles. The Morgan fingerprint density at radius 1 is 1.23 bits per heavy atom. The summed E-state index contributed by atoms with van der Waals surface area (Å²) in [6.45, 7) is 5.74. The number of ether oxygens (including phenoxy) is 5. The highest BCUT2D eigenvalue weighted by molar-refractivity contribution is 5.89. The van der Waals surface area contributed by atoms with E-state index in [0.29, 0.717) is 18.6 Å². The number of rotatable bonds is 8. The molecule has 30 heavy (non-hydrogen) atoms. The first-order valence-corrected chi connectivity index (χ1v) is 10.2. The second-order valence-corrected chi connectivity index (χ2v) is 7.63. The molecule has 9 atom stereocenters. The Labute approximate surface area is 174 Å². The number of hydrogen-bond donors (Lipinski definition) is 4. The van der Waals surface area contributed by atoms with Gasteiger partial charge in [0.2, 0.25) is 12.6 Å². The number of cyclic esters (lactones) is 1. The molecule has 10 heteroatoms. The molecular formula is C20H30O10. The third-order valence-electron chi connectivity index (χ3n) is 5.62. The highest BCUT2D eigenvalue weighted by Gasteiger charge is 2.49. The topological polar surface area (TPSA) is 144 Å². The smallest absolute Gasteiger partial charge is 0.339 e. The van der Waals surface area contributed by atoms with Gasteiger partial charge in [-0.3, -0.25) is 0 Å². The summed E-state index contributed by atoms with van der Waals surface area (Å²) in [4.78, 5) is 12.4. The van der Waals surface area contributed by atoms with Crippen molar-refractivity contribution in [2.45, 2.75) is 69.5 Å². The van der Waals surface area contributed by atoms with Crippen molar-refractivity contribution >= 4 is 5.97 Å². The monoisotopic (exact) mass is 430 g/mol. The van der Waals surface area contributed by atoms with Crippen molar-refractivity contribution in [1.82, 2.24) is 0 Å². The van der Waals surface area contributed by atoms with Gasteiger partial charge in [0.1, 0.15) is 24.4 Å². The minimum atomic E-state index is -1.57. The molecule has 0 spiro atoms. The molecule has 0 aromatic carbocycles. The Hall–Kier alpha value is -1.53. The molecule has 2 saturated heterocycles. The first-order valence-electron chi connectivity index (χ1n) is 10.2. The van der Waals surface area contributed by atoms with Crippen LogP contribution in [0.3, 0.4) is 0 Å². The molecule has 4 N–H and O–H groups in total. The molecule has 0 aromatic rings. The van der Waals surface area contributed by atoms with Gasteiger partial charge < -0.3 is 44.1 Å². The second-order valence-electron chi connectivity index (χ2n) is 7.63. The molecule has 0 amide bonds. The van der Waals surface area contributed by atoms with Crippen LogP contribution < -0.4 is 0 Å². The standard InChI is InChI=1S/C20H30O10/c1-3-5-6-26-14-7-11-10(4-2)19(27-9-12(11)18(25)29-14)30-20-17(24)16(23)15(22)13(8-21)28-20/h4,9-11,13-17,19-24H,2-3,5-8H2,1H3/t10-,11+,13-,14+,15-,16+,17-,19+,20+/m1/s1. The number of aliphatic hydroxyl groups excluding tert-OH is 4. The first kappa shape index (κ1) is 23.1. The fourth-order valence-electron chi connectivity index (χ4n) is 3.81. The van der Waals surface area contributed by atoms with Gasteiger partial charge >= 0.3 is 5.97 Å². The van der Waals surface area contributed by atoms with Gasteiger partial charge in [-0.25, -0.2) is 4.79 Å². The van der Waals surface area contributed by atoms with Gasteiger partial charge in [-0.05, 0) is 6.42 Å². The van der Waals surface area contributed by atoms with Crippen LogP contribution in [0.15, 0.2) is 24.5 Å². The van der Waals surface area contributed by atoms with Crippen LogP contribution in [-0.4, -0.2) is 82.9 Å². The van der Waals surface area contributed by atoms with Crippen LogP contribution in [0.25, 0.3) is 0 Å². The molecule has 3 heterocycles. The molecular weight excluding hydrogens is 400 g/mol. The first-order chi connectivity index (χ1) is 14.4. The van der Waals surface area contributed by atoms with Crippen LogP contribution >= 0.6 is 0 Å². The molecule has 3 aliphatic rings. The lowest BCUT2D eigenvalue weighted by molar-refractivity contribution is -0.340. The number of aliphatic hydroxyl groups is 4. The molecule has 0 aliphatic carbocycles. The maximum absolute atomic E-state index is 12.4. The van der Waals surface area contributed by atoms with E-state index in [1.807, 2.05) is 6.92 Å². The van der Waals surface area contributed by atoms with Gasteiger partial charge in [-0.2, -0.15) is 0 Å². The SMILES string of the molecule is C=C[C@H]1[C@H](O[C@@H]2O[C@H](CO)[C@@H](O)[C@H](O)[C@H]2O)OC=C2C(=O)O[C@H](OCCCC)C[C@H]21.